The summed E-state index contributed by atoms with van der Waals surface area (Å²) in [7, 11) is 1.67. The van der Waals surface area contributed by atoms with Crippen LogP contribution < -0.4 is 10.1 Å². The Hall–Kier alpha value is -1.84. The second-order valence-corrected chi connectivity index (χ2v) is 5.50. The first-order chi connectivity index (χ1) is 10.3. The minimum absolute atomic E-state index is 0.192. The molecule has 0 amide bonds. The molecule has 0 aliphatic carbocycles. The molecular formula is C18H21NO2. The highest BCUT2D eigenvalue weighted by Gasteiger charge is 2.23. The van der Waals surface area contributed by atoms with Crippen LogP contribution in [-0.4, -0.2) is 24.8 Å². The Bertz CT molecular complexity index is 571. The van der Waals surface area contributed by atoms with Crippen LogP contribution in [0.2, 0.25) is 0 Å². The van der Waals surface area contributed by atoms with Crippen LogP contribution in [0.15, 0.2) is 48.5 Å². The fourth-order valence-corrected chi connectivity index (χ4v) is 2.87. The molecule has 0 aromatic heterocycles. The lowest BCUT2D eigenvalue weighted by Gasteiger charge is -2.18. The molecule has 0 saturated carbocycles. The summed E-state index contributed by atoms with van der Waals surface area (Å²) in [6.45, 7) is 1.01. The predicted molar refractivity (Wildman–Crippen MR) is 84.4 cm³/mol. The lowest BCUT2D eigenvalue weighted by Crippen LogP contribution is -2.28. The Morgan fingerprint density at radius 1 is 1.05 bits per heavy atom. The van der Waals surface area contributed by atoms with E-state index in [4.69, 9.17) is 4.74 Å². The quantitative estimate of drug-likeness (QED) is 0.905. The van der Waals surface area contributed by atoms with Gasteiger partial charge in [0.15, 0.2) is 0 Å². The van der Waals surface area contributed by atoms with Gasteiger partial charge >= 0.3 is 0 Å². The smallest absolute Gasteiger partial charge is 0.118 e. The fraction of sp³-hybridized carbons (Fsp3) is 0.333. The molecule has 1 heterocycles. The van der Waals surface area contributed by atoms with E-state index in [0.717, 1.165) is 41.8 Å². The molecule has 110 valence electrons. The topological polar surface area (TPSA) is 41.5 Å². The van der Waals surface area contributed by atoms with Gasteiger partial charge in [0, 0.05) is 6.04 Å². The van der Waals surface area contributed by atoms with Gasteiger partial charge in [0.1, 0.15) is 5.75 Å². The number of ether oxygens (including phenoxy) is 1. The maximum Gasteiger partial charge on any atom is 0.118 e. The average Bonchev–Trinajstić information content (AvgIpc) is 3.09. The molecule has 0 bridgehead atoms. The van der Waals surface area contributed by atoms with Gasteiger partial charge in [0.2, 0.25) is 0 Å². The van der Waals surface area contributed by atoms with Crippen LogP contribution >= 0.6 is 0 Å². The summed E-state index contributed by atoms with van der Waals surface area (Å²) in [4.78, 5) is 0. The molecule has 2 aromatic rings. The molecule has 1 saturated heterocycles. The Labute approximate surface area is 125 Å². The lowest BCUT2D eigenvalue weighted by atomic mass is 9.98. The van der Waals surface area contributed by atoms with Crippen molar-refractivity contribution < 1.29 is 9.84 Å². The zero-order chi connectivity index (χ0) is 14.7. The van der Waals surface area contributed by atoms with E-state index in [9.17, 15) is 5.11 Å². The van der Waals surface area contributed by atoms with Crippen molar-refractivity contribution in [2.24, 2.45) is 0 Å². The highest BCUT2D eigenvalue weighted by Crippen LogP contribution is 2.27. The highest BCUT2D eigenvalue weighted by atomic mass is 16.5. The first-order valence-corrected chi connectivity index (χ1v) is 7.44. The van der Waals surface area contributed by atoms with Crippen LogP contribution in [0.5, 0.6) is 5.75 Å². The van der Waals surface area contributed by atoms with Crippen molar-refractivity contribution in [2.75, 3.05) is 13.7 Å². The Balaban J connectivity index is 1.76. The Kier molecular flexibility index (Phi) is 4.23. The van der Waals surface area contributed by atoms with Crippen molar-refractivity contribution in [3.8, 4) is 16.9 Å². The second kappa shape index (κ2) is 6.29. The van der Waals surface area contributed by atoms with Crippen LogP contribution in [0.3, 0.4) is 0 Å². The Morgan fingerprint density at radius 3 is 2.19 bits per heavy atom. The molecule has 3 heteroatoms. The first kappa shape index (κ1) is 14.1. The summed E-state index contributed by atoms with van der Waals surface area (Å²) in [5, 5.41) is 13.7. The summed E-state index contributed by atoms with van der Waals surface area (Å²) in [6.07, 6.45) is 1.77. The zero-order valence-corrected chi connectivity index (χ0v) is 12.3. The highest BCUT2D eigenvalue weighted by molar-refractivity contribution is 5.64. The predicted octanol–water partition coefficient (Wildman–Crippen LogP) is 3.15. The van der Waals surface area contributed by atoms with E-state index in [2.05, 4.69) is 17.4 Å². The molecule has 0 radical (unpaired) electrons. The van der Waals surface area contributed by atoms with E-state index in [0.29, 0.717) is 0 Å². The van der Waals surface area contributed by atoms with Gasteiger partial charge in [0.25, 0.3) is 0 Å². The van der Waals surface area contributed by atoms with E-state index in [-0.39, 0.29) is 6.04 Å². The minimum atomic E-state index is -0.419. The number of benzene rings is 2. The minimum Gasteiger partial charge on any atom is -0.497 e. The molecule has 1 fully saturated rings. The molecule has 2 atom stereocenters. The van der Waals surface area contributed by atoms with Crippen molar-refractivity contribution >= 4 is 0 Å². The number of aliphatic hydroxyl groups is 1. The molecular weight excluding hydrogens is 262 g/mol. The first-order valence-electron chi connectivity index (χ1n) is 7.44. The van der Waals surface area contributed by atoms with Crippen LogP contribution in [0, 0.1) is 0 Å². The third-order valence-corrected chi connectivity index (χ3v) is 4.16. The van der Waals surface area contributed by atoms with E-state index in [1.807, 2.05) is 36.4 Å². The third kappa shape index (κ3) is 3.09. The van der Waals surface area contributed by atoms with Gasteiger partial charge in [-0.2, -0.15) is 0 Å². The number of aliphatic hydroxyl groups excluding tert-OH is 1. The molecule has 2 aromatic carbocycles. The van der Waals surface area contributed by atoms with Crippen LogP contribution in [0.4, 0.5) is 0 Å². The summed E-state index contributed by atoms with van der Waals surface area (Å²) in [5.74, 6) is 0.859. The largest absolute Gasteiger partial charge is 0.497 e. The summed E-state index contributed by atoms with van der Waals surface area (Å²) < 4.78 is 5.17. The number of hydrogen-bond donors (Lipinski definition) is 2. The second-order valence-electron chi connectivity index (χ2n) is 5.50. The van der Waals surface area contributed by atoms with E-state index < -0.39 is 6.10 Å². The molecule has 3 rings (SSSR count). The van der Waals surface area contributed by atoms with Gasteiger partial charge in [-0.05, 0) is 48.2 Å². The number of hydrogen-bond acceptors (Lipinski definition) is 3. The van der Waals surface area contributed by atoms with Crippen molar-refractivity contribution in [3.63, 3.8) is 0 Å². The van der Waals surface area contributed by atoms with Gasteiger partial charge in [0.05, 0.1) is 13.2 Å². The average molecular weight is 283 g/mol. The summed E-state index contributed by atoms with van der Waals surface area (Å²) in [5.41, 5.74) is 3.27. The lowest BCUT2D eigenvalue weighted by molar-refractivity contribution is 0.137. The van der Waals surface area contributed by atoms with Crippen LogP contribution in [0.1, 0.15) is 24.5 Å². The number of nitrogens with one attached hydrogen (secondary N) is 1. The third-order valence-electron chi connectivity index (χ3n) is 4.16. The molecule has 3 nitrogen and oxygen atoms in total. The number of methoxy groups -OCH3 is 1. The van der Waals surface area contributed by atoms with Crippen molar-refractivity contribution in [3.05, 3.63) is 54.1 Å². The molecule has 2 unspecified atom stereocenters. The van der Waals surface area contributed by atoms with Crippen LogP contribution in [0.25, 0.3) is 11.1 Å². The molecule has 1 aliphatic heterocycles. The maximum absolute atomic E-state index is 10.4. The molecule has 1 aliphatic rings. The van der Waals surface area contributed by atoms with Gasteiger partial charge < -0.3 is 15.2 Å². The monoisotopic (exact) mass is 283 g/mol. The maximum atomic E-state index is 10.4. The van der Waals surface area contributed by atoms with Gasteiger partial charge in [-0.25, -0.2) is 0 Å². The van der Waals surface area contributed by atoms with E-state index in [1.165, 1.54) is 0 Å². The molecule has 0 spiro atoms. The van der Waals surface area contributed by atoms with Gasteiger partial charge in [-0.3, -0.25) is 0 Å². The van der Waals surface area contributed by atoms with Crippen LogP contribution in [-0.2, 0) is 0 Å². The van der Waals surface area contributed by atoms with Crippen molar-refractivity contribution in [2.45, 2.75) is 25.0 Å². The standard InChI is InChI=1S/C18H21NO2/c1-21-16-10-8-14(9-11-16)13-4-6-15(7-5-13)18(20)17-3-2-12-19-17/h4-11,17-20H,2-3,12H2,1H3. The van der Waals surface area contributed by atoms with Crippen molar-refractivity contribution in [1.29, 1.82) is 0 Å². The van der Waals surface area contributed by atoms with E-state index >= 15 is 0 Å². The Morgan fingerprint density at radius 2 is 1.67 bits per heavy atom. The summed E-state index contributed by atoms with van der Waals surface area (Å²) in [6, 6.07) is 16.4. The number of rotatable bonds is 4. The normalized spacial score (nSPS) is 19.4. The SMILES string of the molecule is COc1ccc(-c2ccc(C(O)C3CCCN3)cc2)cc1. The summed E-state index contributed by atoms with van der Waals surface area (Å²) >= 11 is 0. The molecule has 21 heavy (non-hydrogen) atoms. The van der Waals surface area contributed by atoms with E-state index in [1.54, 1.807) is 7.11 Å². The van der Waals surface area contributed by atoms with Crippen molar-refractivity contribution in [1.82, 2.24) is 5.32 Å². The van der Waals surface area contributed by atoms with Gasteiger partial charge in [-0.1, -0.05) is 36.4 Å². The molecule has 2 N–H and O–H groups in total. The zero-order valence-electron chi connectivity index (χ0n) is 12.3. The van der Waals surface area contributed by atoms with Gasteiger partial charge in [-0.15, -0.1) is 0 Å². The fourth-order valence-electron chi connectivity index (χ4n) is 2.87.